The van der Waals surface area contributed by atoms with Crippen molar-refractivity contribution in [1.29, 1.82) is 0 Å². The molecule has 36 heavy (non-hydrogen) atoms. The number of rotatable bonds is 9. The Balaban J connectivity index is 1.68. The van der Waals surface area contributed by atoms with E-state index in [1.54, 1.807) is 25.3 Å². The molecule has 0 aliphatic heterocycles. The van der Waals surface area contributed by atoms with Crippen molar-refractivity contribution in [2.75, 3.05) is 23.9 Å². The highest BCUT2D eigenvalue weighted by molar-refractivity contribution is 5.74. The molecule has 0 saturated heterocycles. The number of methoxy groups -OCH3 is 1. The second-order valence-corrected chi connectivity index (χ2v) is 9.47. The van der Waals surface area contributed by atoms with Crippen molar-refractivity contribution < 1.29 is 13.9 Å². The highest BCUT2D eigenvalue weighted by Crippen LogP contribution is 2.33. The molecule has 4 aromatic carbocycles. The first-order valence-corrected chi connectivity index (χ1v) is 11.7. The van der Waals surface area contributed by atoms with Crippen LogP contribution in [0.15, 0.2) is 88.5 Å². The van der Waals surface area contributed by atoms with E-state index in [9.17, 15) is 14.0 Å². The van der Waals surface area contributed by atoms with Crippen LogP contribution in [0.1, 0.15) is 32.4 Å². The Hall–Kier alpha value is -3.97. The van der Waals surface area contributed by atoms with Crippen LogP contribution in [0.5, 0.6) is 5.75 Å². The van der Waals surface area contributed by atoms with Crippen LogP contribution in [0.4, 0.5) is 27.1 Å². The van der Waals surface area contributed by atoms with Crippen LogP contribution in [-0.2, 0) is 4.74 Å². The lowest BCUT2D eigenvalue weighted by atomic mass is 10.1. The average molecular weight is 489 g/mol. The summed E-state index contributed by atoms with van der Waals surface area (Å²) in [5.74, 6) is -0.288. The summed E-state index contributed by atoms with van der Waals surface area (Å²) < 4.78 is 25.2. The molecular weight excluding hydrogens is 459 g/mol. The van der Waals surface area contributed by atoms with Gasteiger partial charge in [0, 0.05) is 24.2 Å². The summed E-state index contributed by atoms with van der Waals surface area (Å²) in [5, 5.41) is 3.05. The second-order valence-electron chi connectivity index (χ2n) is 9.47. The minimum absolute atomic E-state index is 0.0387. The van der Waals surface area contributed by atoms with Gasteiger partial charge in [0.25, 0.3) is 10.9 Å². The number of hydrogen-bond donors (Lipinski definition) is 1. The highest BCUT2D eigenvalue weighted by atomic mass is 19.1. The molecule has 0 heterocycles. The lowest BCUT2D eigenvalue weighted by Crippen LogP contribution is -2.39. The lowest BCUT2D eigenvalue weighted by Gasteiger charge is -2.30. The zero-order valence-electron chi connectivity index (χ0n) is 20.7. The Kier molecular flexibility index (Phi) is 7.22. The number of anilines is 4. The SMILES string of the molecule is CO[C@@H](CN(c1ccc(F)cc1)c1cccc(Nc2c(OC(C)(C)C)c(=O)c2=O)c1)c1ccccc1. The van der Waals surface area contributed by atoms with E-state index in [-0.39, 0.29) is 23.4 Å². The van der Waals surface area contributed by atoms with Gasteiger partial charge >= 0.3 is 0 Å². The number of nitrogens with zero attached hydrogens (tertiary/aromatic N) is 1. The van der Waals surface area contributed by atoms with Crippen molar-refractivity contribution >= 4 is 22.7 Å². The van der Waals surface area contributed by atoms with E-state index in [1.165, 1.54) is 12.1 Å². The number of nitrogens with one attached hydrogen (secondary N) is 1. The summed E-state index contributed by atoms with van der Waals surface area (Å²) in [5.41, 5.74) is 1.46. The molecule has 6 nitrogen and oxygen atoms in total. The Morgan fingerprint density at radius 3 is 2.22 bits per heavy atom. The van der Waals surface area contributed by atoms with Crippen molar-refractivity contribution in [2.45, 2.75) is 32.5 Å². The molecule has 0 fully saturated rings. The Bertz CT molecular complexity index is 1390. The van der Waals surface area contributed by atoms with Crippen molar-refractivity contribution in [3.05, 3.63) is 111 Å². The topological polar surface area (TPSA) is 67.9 Å². The quantitative estimate of drug-likeness (QED) is 0.297. The number of halogens is 1. The van der Waals surface area contributed by atoms with E-state index in [2.05, 4.69) is 5.32 Å². The van der Waals surface area contributed by atoms with Gasteiger partial charge < -0.3 is 19.7 Å². The lowest BCUT2D eigenvalue weighted by molar-refractivity contribution is 0.110. The minimum atomic E-state index is -0.637. The maximum absolute atomic E-state index is 13.7. The summed E-state index contributed by atoms with van der Waals surface area (Å²) >= 11 is 0. The van der Waals surface area contributed by atoms with Crippen LogP contribution in [0.2, 0.25) is 0 Å². The van der Waals surface area contributed by atoms with Gasteiger partial charge in [-0.2, -0.15) is 0 Å². The Morgan fingerprint density at radius 2 is 1.58 bits per heavy atom. The number of ether oxygens (including phenoxy) is 2. The summed E-state index contributed by atoms with van der Waals surface area (Å²) in [6.07, 6.45) is -0.256. The standard InChI is InChI=1S/C29H29FN2O4/c1-29(2,3)36-28-25(26(33)27(28)34)31-21-11-8-12-23(17-21)32(22-15-13-20(30)14-16-22)18-24(35-4)19-9-6-5-7-10-19/h5-17,24,31H,18H2,1-4H3/t24-/m0/s1. The van der Waals surface area contributed by atoms with Gasteiger partial charge in [0.15, 0.2) is 5.75 Å². The zero-order chi connectivity index (χ0) is 25.9. The Morgan fingerprint density at radius 1 is 0.889 bits per heavy atom. The predicted molar refractivity (Wildman–Crippen MR) is 141 cm³/mol. The van der Waals surface area contributed by atoms with Gasteiger partial charge in [0.2, 0.25) is 0 Å². The molecule has 0 saturated carbocycles. The molecule has 0 unspecified atom stereocenters. The normalized spacial score (nSPS) is 12.4. The number of hydrogen-bond acceptors (Lipinski definition) is 6. The van der Waals surface area contributed by atoms with Gasteiger partial charge in [-0.15, -0.1) is 0 Å². The first-order chi connectivity index (χ1) is 17.2. The van der Waals surface area contributed by atoms with E-state index >= 15 is 0 Å². The fourth-order valence-corrected chi connectivity index (χ4v) is 3.91. The summed E-state index contributed by atoms with van der Waals surface area (Å²) in [7, 11) is 1.65. The molecule has 4 aromatic rings. The van der Waals surface area contributed by atoms with E-state index in [4.69, 9.17) is 9.47 Å². The van der Waals surface area contributed by atoms with Crippen molar-refractivity contribution in [1.82, 2.24) is 0 Å². The summed E-state index contributed by atoms with van der Waals surface area (Å²) in [6, 6.07) is 23.5. The van der Waals surface area contributed by atoms with E-state index < -0.39 is 16.5 Å². The smallest absolute Gasteiger partial charge is 0.272 e. The van der Waals surface area contributed by atoms with Crippen LogP contribution >= 0.6 is 0 Å². The van der Waals surface area contributed by atoms with Gasteiger partial charge in [-0.3, -0.25) is 9.59 Å². The maximum atomic E-state index is 13.7. The van der Waals surface area contributed by atoms with Crippen molar-refractivity contribution in [3.8, 4) is 5.75 Å². The minimum Gasteiger partial charge on any atom is -0.482 e. The number of benzene rings is 3. The van der Waals surface area contributed by atoms with E-state index in [0.29, 0.717) is 12.2 Å². The molecule has 0 spiro atoms. The summed E-state index contributed by atoms with van der Waals surface area (Å²) in [6.45, 7) is 5.89. The van der Waals surface area contributed by atoms with Crippen LogP contribution < -0.4 is 25.8 Å². The monoisotopic (exact) mass is 488 g/mol. The fraction of sp³-hybridized carbons (Fsp3) is 0.241. The molecule has 0 amide bonds. The molecular formula is C29H29FN2O4. The maximum Gasteiger partial charge on any atom is 0.272 e. The molecule has 0 bridgehead atoms. The van der Waals surface area contributed by atoms with Gasteiger partial charge in [-0.05, 0) is 68.8 Å². The first-order valence-electron chi connectivity index (χ1n) is 11.7. The molecule has 0 radical (unpaired) electrons. The molecule has 0 aliphatic rings. The molecule has 1 atom stereocenters. The second kappa shape index (κ2) is 10.3. The first kappa shape index (κ1) is 25.1. The van der Waals surface area contributed by atoms with E-state index in [0.717, 1.165) is 16.9 Å². The van der Waals surface area contributed by atoms with Crippen LogP contribution in [-0.4, -0.2) is 19.3 Å². The van der Waals surface area contributed by atoms with Crippen LogP contribution in [0.3, 0.4) is 0 Å². The average Bonchev–Trinajstić information content (AvgIpc) is 2.87. The third-order valence-corrected chi connectivity index (χ3v) is 5.64. The third-order valence-electron chi connectivity index (χ3n) is 5.64. The van der Waals surface area contributed by atoms with Gasteiger partial charge in [0.1, 0.15) is 17.1 Å². The summed E-state index contributed by atoms with van der Waals surface area (Å²) in [4.78, 5) is 26.4. The van der Waals surface area contributed by atoms with E-state index in [1.807, 2.05) is 74.2 Å². The molecule has 7 heteroatoms. The third kappa shape index (κ3) is 5.63. The van der Waals surface area contributed by atoms with Crippen molar-refractivity contribution in [3.63, 3.8) is 0 Å². The zero-order valence-corrected chi connectivity index (χ0v) is 20.7. The van der Waals surface area contributed by atoms with Gasteiger partial charge in [0.05, 0.1) is 12.6 Å². The molecule has 0 aromatic heterocycles. The fourth-order valence-electron chi connectivity index (χ4n) is 3.91. The molecule has 0 aliphatic carbocycles. The molecule has 1 N–H and O–H groups in total. The van der Waals surface area contributed by atoms with Gasteiger partial charge in [-0.1, -0.05) is 36.4 Å². The molecule has 186 valence electrons. The largest absolute Gasteiger partial charge is 0.482 e. The predicted octanol–water partition coefficient (Wildman–Crippen LogP) is 5.87. The van der Waals surface area contributed by atoms with Crippen LogP contribution in [0, 0.1) is 5.82 Å². The molecule has 4 rings (SSSR count). The Labute approximate surface area is 209 Å². The highest BCUT2D eigenvalue weighted by Gasteiger charge is 2.27. The van der Waals surface area contributed by atoms with Crippen LogP contribution in [0.25, 0.3) is 0 Å². The van der Waals surface area contributed by atoms with Gasteiger partial charge in [-0.25, -0.2) is 4.39 Å². The van der Waals surface area contributed by atoms with Crippen molar-refractivity contribution in [2.24, 2.45) is 0 Å².